The molecule has 0 saturated carbocycles. The lowest BCUT2D eigenvalue weighted by Gasteiger charge is -2.56. The van der Waals surface area contributed by atoms with Crippen LogP contribution in [0.4, 0.5) is 0 Å². The molecule has 0 amide bonds. The van der Waals surface area contributed by atoms with E-state index in [9.17, 15) is 35.4 Å². The Bertz CT molecular complexity index is 2270. The van der Waals surface area contributed by atoms with E-state index in [1.54, 1.807) is 24.3 Å². The van der Waals surface area contributed by atoms with Crippen LogP contribution in [0.3, 0.4) is 0 Å². The Morgan fingerprint density at radius 3 is 2.25 bits per heavy atom. The zero-order valence-electron chi connectivity index (χ0n) is 27.7. The second-order valence-corrected chi connectivity index (χ2v) is 14.3. The van der Waals surface area contributed by atoms with E-state index in [1.807, 2.05) is 32.9 Å². The van der Waals surface area contributed by atoms with Crippen molar-refractivity contribution in [1.29, 1.82) is 0 Å². The minimum atomic E-state index is -2.61. The Morgan fingerprint density at radius 2 is 1.51 bits per heavy atom. The molecule has 0 spiro atoms. The van der Waals surface area contributed by atoms with Gasteiger partial charge in [0.15, 0.2) is 11.5 Å². The first-order valence-electron chi connectivity index (χ1n) is 16.7. The number of phenols is 5. The molecule has 4 aromatic rings. The maximum atomic E-state index is 14.6. The Hall–Kier alpha value is -5.81. The van der Waals surface area contributed by atoms with E-state index in [0.717, 1.165) is 11.1 Å². The predicted molar refractivity (Wildman–Crippen MR) is 181 cm³/mol. The fourth-order valence-corrected chi connectivity index (χ4v) is 8.78. The third-order valence-electron chi connectivity index (χ3n) is 11.1. The van der Waals surface area contributed by atoms with Gasteiger partial charge in [-0.05, 0) is 61.7 Å². The van der Waals surface area contributed by atoms with Gasteiger partial charge in [-0.3, -0.25) is 4.79 Å². The summed E-state index contributed by atoms with van der Waals surface area (Å²) in [5.41, 5.74) is 0.539. The van der Waals surface area contributed by atoms with Crippen molar-refractivity contribution < 1.29 is 54.4 Å². The molecule has 4 aliphatic heterocycles. The summed E-state index contributed by atoms with van der Waals surface area (Å²) in [5.74, 6) is -7.76. The predicted octanol–water partition coefficient (Wildman–Crippen LogP) is 6.45. The average Bonchev–Trinajstić information content (AvgIpc) is 3.33. The highest BCUT2D eigenvalue weighted by molar-refractivity contribution is 6.09. The number of hydrogen-bond acceptors (Lipinski definition) is 11. The van der Waals surface area contributed by atoms with E-state index in [4.69, 9.17) is 18.9 Å². The van der Waals surface area contributed by atoms with Crippen molar-refractivity contribution in [2.75, 3.05) is 0 Å². The standard InChI is InChI=1S/C40H34O11/c1-18(2)12-13-38-25-10-7-22(42)16-29(25)51-40(38,47)37(46)34-31(48-38)17-30-33(36(34)45)24-8-4-19(3)32-23-9-6-21(41)15-28(23)49-39(50-30,35(24)32)20-5-11-26(43)27(44)14-20/h4-12,14-17,19,24,32,35,41-45,47H,13H2,1-3H3/t19?,24-,32-,35+,38-,39+,40-/m1/s1. The number of hydrogen-bond donors (Lipinski definition) is 6. The Balaban J connectivity index is 1.30. The third-order valence-corrected chi connectivity index (χ3v) is 11.1. The number of benzene rings is 4. The van der Waals surface area contributed by atoms with E-state index >= 15 is 0 Å². The van der Waals surface area contributed by atoms with Crippen molar-refractivity contribution in [2.45, 2.75) is 56.2 Å². The smallest absolute Gasteiger partial charge is 0.318 e. The lowest BCUT2D eigenvalue weighted by atomic mass is 9.59. The van der Waals surface area contributed by atoms with Crippen LogP contribution in [-0.4, -0.2) is 42.2 Å². The molecule has 1 aliphatic carbocycles. The van der Waals surface area contributed by atoms with Crippen molar-refractivity contribution in [3.63, 3.8) is 0 Å². The molecular weight excluding hydrogens is 656 g/mol. The van der Waals surface area contributed by atoms with Gasteiger partial charge in [0.2, 0.25) is 11.4 Å². The topological polar surface area (TPSA) is 175 Å². The summed E-state index contributed by atoms with van der Waals surface area (Å²) in [6.07, 6.45) is 5.74. The molecule has 1 unspecified atom stereocenters. The van der Waals surface area contributed by atoms with Gasteiger partial charge in [0, 0.05) is 53.1 Å². The molecule has 7 atom stereocenters. The lowest BCUT2D eigenvalue weighted by Crippen LogP contribution is -2.62. The molecule has 5 aliphatic rings. The van der Waals surface area contributed by atoms with Crippen LogP contribution in [0.1, 0.15) is 71.6 Å². The van der Waals surface area contributed by atoms with Gasteiger partial charge in [-0.15, -0.1) is 0 Å². The van der Waals surface area contributed by atoms with Crippen molar-refractivity contribution in [2.24, 2.45) is 11.8 Å². The fraction of sp³-hybridized carbons (Fsp3) is 0.275. The van der Waals surface area contributed by atoms with Crippen molar-refractivity contribution in [3.8, 4) is 51.7 Å². The molecule has 4 heterocycles. The van der Waals surface area contributed by atoms with Crippen LogP contribution in [0, 0.1) is 11.8 Å². The van der Waals surface area contributed by atoms with Crippen LogP contribution >= 0.6 is 0 Å². The van der Waals surface area contributed by atoms with Crippen LogP contribution in [0.25, 0.3) is 0 Å². The van der Waals surface area contributed by atoms with E-state index in [1.165, 1.54) is 42.5 Å². The van der Waals surface area contributed by atoms with Gasteiger partial charge in [0.1, 0.15) is 45.8 Å². The largest absolute Gasteiger partial charge is 0.508 e. The highest BCUT2D eigenvalue weighted by Crippen LogP contribution is 2.67. The normalized spacial score (nSPS) is 30.1. The van der Waals surface area contributed by atoms with Gasteiger partial charge in [-0.1, -0.05) is 36.8 Å². The monoisotopic (exact) mass is 690 g/mol. The van der Waals surface area contributed by atoms with Crippen molar-refractivity contribution in [1.82, 2.24) is 0 Å². The van der Waals surface area contributed by atoms with Crippen molar-refractivity contribution >= 4 is 5.78 Å². The Kier molecular flexibility index (Phi) is 6.20. The Morgan fingerprint density at radius 1 is 0.784 bits per heavy atom. The summed E-state index contributed by atoms with van der Waals surface area (Å²) in [4.78, 5) is 14.6. The number of fused-ring (bicyclic) bond motifs is 8. The van der Waals surface area contributed by atoms with E-state index in [2.05, 4.69) is 0 Å². The number of allylic oxidation sites excluding steroid dienone is 3. The number of aromatic hydroxyl groups is 5. The zero-order valence-corrected chi connectivity index (χ0v) is 27.7. The van der Waals surface area contributed by atoms with Gasteiger partial charge in [-0.2, -0.15) is 0 Å². The first kappa shape index (κ1) is 31.2. The summed E-state index contributed by atoms with van der Waals surface area (Å²) < 4.78 is 26.3. The molecule has 11 nitrogen and oxygen atoms in total. The molecule has 6 N–H and O–H groups in total. The molecular formula is C40H34O11. The summed E-state index contributed by atoms with van der Waals surface area (Å²) in [6.45, 7) is 5.76. The number of ether oxygens (including phenoxy) is 4. The summed E-state index contributed by atoms with van der Waals surface area (Å²) in [7, 11) is 0. The minimum Gasteiger partial charge on any atom is -0.508 e. The number of ketones is 1. The van der Waals surface area contributed by atoms with Gasteiger partial charge >= 0.3 is 5.79 Å². The minimum absolute atomic E-state index is 0.000604. The molecule has 0 fully saturated rings. The number of aliphatic hydroxyl groups is 1. The number of phenolic OH excluding ortho intramolecular Hbond substituents is 5. The van der Waals surface area contributed by atoms with Gasteiger partial charge in [0.25, 0.3) is 5.79 Å². The van der Waals surface area contributed by atoms with Crippen LogP contribution in [0.2, 0.25) is 0 Å². The quantitative estimate of drug-likeness (QED) is 0.103. The van der Waals surface area contributed by atoms with Gasteiger partial charge < -0.3 is 49.6 Å². The molecule has 0 radical (unpaired) electrons. The van der Waals surface area contributed by atoms with E-state index in [0.29, 0.717) is 16.9 Å². The maximum Gasteiger partial charge on any atom is 0.318 e. The first-order chi connectivity index (χ1) is 24.3. The fourth-order valence-electron chi connectivity index (χ4n) is 8.78. The van der Waals surface area contributed by atoms with Crippen molar-refractivity contribution in [3.05, 3.63) is 112 Å². The number of carbonyl (C=O) groups is 1. The number of rotatable bonds is 3. The summed E-state index contributed by atoms with van der Waals surface area (Å²) in [5, 5.41) is 66.2. The number of carbonyl (C=O) groups excluding carboxylic acids is 1. The molecule has 51 heavy (non-hydrogen) atoms. The molecule has 11 heteroatoms. The molecule has 0 aromatic heterocycles. The maximum absolute atomic E-state index is 14.6. The average molecular weight is 691 g/mol. The molecule has 4 aromatic carbocycles. The van der Waals surface area contributed by atoms with Crippen LogP contribution in [0.5, 0.6) is 51.7 Å². The van der Waals surface area contributed by atoms with Crippen LogP contribution in [0.15, 0.2) is 84.5 Å². The summed E-state index contributed by atoms with van der Waals surface area (Å²) in [6, 6.07) is 14.9. The van der Waals surface area contributed by atoms with Crippen LogP contribution in [-0.2, 0) is 11.4 Å². The van der Waals surface area contributed by atoms with Crippen LogP contribution < -0.4 is 18.9 Å². The SMILES string of the molecule is CC(C)=CC[C@]12Oc3cc4c(c(O)c3C(=O)[C@@]1(O)Oc1cc(O)ccc12)[C@H]1C=CC(C)[C@@H]2c3ccc(O)cc3O[C@@](c3ccc(O)c(O)c3)(O4)[C@@H]12. The third kappa shape index (κ3) is 3.95. The van der Waals surface area contributed by atoms with E-state index in [-0.39, 0.29) is 63.9 Å². The summed E-state index contributed by atoms with van der Waals surface area (Å²) >= 11 is 0. The highest BCUT2D eigenvalue weighted by Gasteiger charge is 2.70. The zero-order chi connectivity index (χ0) is 35.8. The van der Waals surface area contributed by atoms with Gasteiger partial charge in [-0.25, -0.2) is 0 Å². The Labute approximate surface area is 291 Å². The molecule has 9 rings (SSSR count). The molecule has 260 valence electrons. The molecule has 0 saturated heterocycles. The second-order valence-electron chi connectivity index (χ2n) is 14.3. The molecule has 0 bridgehead atoms. The highest BCUT2D eigenvalue weighted by atomic mass is 16.7. The lowest BCUT2D eigenvalue weighted by molar-refractivity contribution is -0.205. The number of Topliss-reactive ketones (excluding diaryl/α,β-unsaturated/α-hetero) is 1. The van der Waals surface area contributed by atoms with E-state index < -0.39 is 46.3 Å². The van der Waals surface area contributed by atoms with Gasteiger partial charge in [0.05, 0.1) is 5.92 Å². The second kappa shape index (κ2) is 10.1. The first-order valence-corrected chi connectivity index (χ1v) is 16.7.